The number of ether oxygens (including phenoxy) is 1. The molecule has 1 aliphatic heterocycles. The van der Waals surface area contributed by atoms with E-state index >= 15 is 0 Å². The summed E-state index contributed by atoms with van der Waals surface area (Å²) in [7, 11) is 0. The Bertz CT molecular complexity index is 582. The Hall–Kier alpha value is -1.29. The molecule has 0 aromatic carbocycles. The smallest absolute Gasteiger partial charge is 0.229 e. The largest absolute Gasteiger partial charge is 0.467 e. The van der Waals surface area contributed by atoms with E-state index in [1.165, 1.54) is 19.3 Å². The maximum atomic E-state index is 13.7. The second kappa shape index (κ2) is 6.15. The van der Waals surface area contributed by atoms with Gasteiger partial charge in [-0.3, -0.25) is 4.79 Å². The molecule has 4 aliphatic carbocycles. The molecule has 1 amide bonds. The molecular weight excluding hydrogens is 314 g/mol. The van der Waals surface area contributed by atoms with Crippen LogP contribution >= 0.6 is 0 Å². The summed E-state index contributed by atoms with van der Waals surface area (Å²) in [6, 6.07) is 3.89. The van der Waals surface area contributed by atoms with Crippen molar-refractivity contribution in [3.05, 3.63) is 24.2 Å². The first-order chi connectivity index (χ1) is 12.2. The molecule has 136 valence electrons. The predicted octanol–water partition coefficient (Wildman–Crippen LogP) is 4.00. The highest BCUT2D eigenvalue weighted by atomic mass is 16.5. The number of carbonyl (C=O) groups is 1. The lowest BCUT2D eigenvalue weighted by Crippen LogP contribution is -2.55. The second-order valence-corrected chi connectivity index (χ2v) is 9.10. The first-order valence-corrected chi connectivity index (χ1v) is 10.1. The van der Waals surface area contributed by atoms with E-state index in [0.717, 1.165) is 68.8 Å². The molecule has 2 heterocycles. The molecule has 4 heteroatoms. The van der Waals surface area contributed by atoms with Crippen LogP contribution < -0.4 is 0 Å². The Morgan fingerprint density at radius 3 is 2.44 bits per heavy atom. The Labute approximate surface area is 149 Å². The van der Waals surface area contributed by atoms with E-state index < -0.39 is 0 Å². The zero-order chi connectivity index (χ0) is 16.9. The number of furan rings is 1. The topological polar surface area (TPSA) is 42.7 Å². The van der Waals surface area contributed by atoms with Gasteiger partial charge in [-0.1, -0.05) is 0 Å². The lowest BCUT2D eigenvalue weighted by Gasteiger charge is -2.56. The van der Waals surface area contributed by atoms with Crippen molar-refractivity contribution in [2.75, 3.05) is 13.2 Å². The van der Waals surface area contributed by atoms with Crippen molar-refractivity contribution in [3.63, 3.8) is 0 Å². The molecule has 1 aromatic rings. The summed E-state index contributed by atoms with van der Waals surface area (Å²) in [5.41, 5.74) is -0.0834. The first-order valence-electron chi connectivity index (χ1n) is 10.1. The maximum absolute atomic E-state index is 13.7. The minimum atomic E-state index is -0.0834. The van der Waals surface area contributed by atoms with Crippen molar-refractivity contribution in [2.24, 2.45) is 23.2 Å². The quantitative estimate of drug-likeness (QED) is 0.811. The molecule has 4 saturated carbocycles. The van der Waals surface area contributed by atoms with Crippen LogP contribution in [0.2, 0.25) is 0 Å². The van der Waals surface area contributed by atoms with Gasteiger partial charge in [0.1, 0.15) is 5.76 Å². The van der Waals surface area contributed by atoms with Crippen molar-refractivity contribution < 1.29 is 13.9 Å². The highest BCUT2D eigenvalue weighted by Crippen LogP contribution is 2.60. The zero-order valence-corrected chi connectivity index (χ0v) is 15.0. The van der Waals surface area contributed by atoms with Crippen LogP contribution in [0.1, 0.15) is 57.1 Å². The molecule has 1 atom stereocenters. The van der Waals surface area contributed by atoms with E-state index in [0.29, 0.717) is 12.5 Å². The minimum absolute atomic E-state index is 0.0834. The van der Waals surface area contributed by atoms with E-state index in [4.69, 9.17) is 9.15 Å². The highest BCUT2D eigenvalue weighted by molar-refractivity contribution is 5.83. The van der Waals surface area contributed by atoms with Gasteiger partial charge in [-0.15, -0.1) is 0 Å². The van der Waals surface area contributed by atoms with Crippen LogP contribution in [0.3, 0.4) is 0 Å². The highest BCUT2D eigenvalue weighted by Gasteiger charge is 2.55. The van der Waals surface area contributed by atoms with Crippen molar-refractivity contribution in [1.82, 2.24) is 4.90 Å². The van der Waals surface area contributed by atoms with Gasteiger partial charge in [-0.05, 0) is 81.3 Å². The third-order valence-corrected chi connectivity index (χ3v) is 7.15. The first kappa shape index (κ1) is 15.9. The van der Waals surface area contributed by atoms with Crippen molar-refractivity contribution in [1.29, 1.82) is 0 Å². The van der Waals surface area contributed by atoms with Gasteiger partial charge in [-0.2, -0.15) is 0 Å². The zero-order valence-electron chi connectivity index (χ0n) is 15.0. The standard InChI is InChI=1S/C21H29NO3/c23-20(21-10-15-7-16(11-21)9-17(8-15)12-21)22(13-18-3-1-5-24-18)14-19-4-2-6-25-19/h1,3,5,15-17,19H,2,4,6-14H2/t15?,16?,17?,19-,21?/m0/s1. The SMILES string of the molecule is O=C(N(Cc1ccco1)C[C@@H]1CCCO1)C12CC3CC(CC(C3)C1)C2. The van der Waals surface area contributed by atoms with Crippen LogP contribution in [0.4, 0.5) is 0 Å². The van der Waals surface area contributed by atoms with Gasteiger partial charge in [0.25, 0.3) is 0 Å². The number of carbonyl (C=O) groups excluding carboxylic acids is 1. The van der Waals surface area contributed by atoms with Crippen molar-refractivity contribution in [3.8, 4) is 0 Å². The Balaban J connectivity index is 1.38. The summed E-state index contributed by atoms with van der Waals surface area (Å²) in [5.74, 6) is 3.66. The number of nitrogens with zero attached hydrogens (tertiary/aromatic N) is 1. The third kappa shape index (κ3) is 2.92. The van der Waals surface area contributed by atoms with Crippen LogP contribution in [0.5, 0.6) is 0 Å². The van der Waals surface area contributed by atoms with Crippen LogP contribution in [0.15, 0.2) is 22.8 Å². The maximum Gasteiger partial charge on any atom is 0.229 e. The van der Waals surface area contributed by atoms with Gasteiger partial charge in [0.15, 0.2) is 0 Å². The van der Waals surface area contributed by atoms with Crippen LogP contribution in [-0.2, 0) is 16.1 Å². The van der Waals surface area contributed by atoms with E-state index in [-0.39, 0.29) is 11.5 Å². The third-order valence-electron chi connectivity index (χ3n) is 7.15. The average Bonchev–Trinajstić information content (AvgIpc) is 3.26. The molecule has 5 fully saturated rings. The van der Waals surface area contributed by atoms with Gasteiger partial charge >= 0.3 is 0 Å². The average molecular weight is 343 g/mol. The monoisotopic (exact) mass is 343 g/mol. The fraction of sp³-hybridized carbons (Fsp3) is 0.762. The fourth-order valence-electron chi connectivity index (χ4n) is 6.55. The van der Waals surface area contributed by atoms with Gasteiger partial charge < -0.3 is 14.1 Å². The van der Waals surface area contributed by atoms with Gasteiger partial charge in [-0.25, -0.2) is 0 Å². The molecule has 5 aliphatic rings. The molecular formula is C21H29NO3. The van der Waals surface area contributed by atoms with Crippen molar-refractivity contribution in [2.45, 2.75) is 64.0 Å². The van der Waals surface area contributed by atoms with E-state index in [1.807, 2.05) is 12.1 Å². The lowest BCUT2D eigenvalue weighted by molar-refractivity contribution is -0.160. The number of hydrogen-bond donors (Lipinski definition) is 0. The number of hydrogen-bond acceptors (Lipinski definition) is 3. The summed E-state index contributed by atoms with van der Waals surface area (Å²) >= 11 is 0. The molecule has 4 nitrogen and oxygen atoms in total. The normalized spacial score (nSPS) is 39.0. The molecule has 0 unspecified atom stereocenters. The summed E-state index contributed by atoms with van der Waals surface area (Å²) in [6.45, 7) is 2.15. The second-order valence-electron chi connectivity index (χ2n) is 9.10. The van der Waals surface area contributed by atoms with E-state index in [2.05, 4.69) is 4.90 Å². The van der Waals surface area contributed by atoms with Crippen molar-refractivity contribution >= 4 is 5.91 Å². The minimum Gasteiger partial charge on any atom is -0.467 e. The predicted molar refractivity (Wildman–Crippen MR) is 93.7 cm³/mol. The Kier molecular flexibility index (Phi) is 3.92. The molecule has 0 radical (unpaired) electrons. The van der Waals surface area contributed by atoms with E-state index in [1.54, 1.807) is 6.26 Å². The lowest BCUT2D eigenvalue weighted by atomic mass is 9.49. The molecule has 1 saturated heterocycles. The summed E-state index contributed by atoms with van der Waals surface area (Å²) in [4.78, 5) is 15.8. The van der Waals surface area contributed by atoms with Gasteiger partial charge in [0.2, 0.25) is 5.91 Å². The molecule has 0 N–H and O–H groups in total. The van der Waals surface area contributed by atoms with E-state index in [9.17, 15) is 4.79 Å². The fourth-order valence-corrected chi connectivity index (χ4v) is 6.55. The molecule has 6 rings (SSSR count). The summed E-state index contributed by atoms with van der Waals surface area (Å²) in [6.07, 6.45) is 11.6. The van der Waals surface area contributed by atoms with Crippen LogP contribution in [-0.4, -0.2) is 30.1 Å². The summed E-state index contributed by atoms with van der Waals surface area (Å²) < 4.78 is 11.4. The number of amides is 1. The number of rotatable bonds is 5. The Morgan fingerprint density at radius 1 is 1.16 bits per heavy atom. The molecule has 1 aromatic heterocycles. The van der Waals surface area contributed by atoms with Crippen LogP contribution in [0, 0.1) is 23.2 Å². The van der Waals surface area contributed by atoms with Gasteiger partial charge in [0, 0.05) is 13.2 Å². The van der Waals surface area contributed by atoms with Gasteiger partial charge in [0.05, 0.1) is 24.3 Å². The summed E-state index contributed by atoms with van der Waals surface area (Å²) in [5, 5.41) is 0. The molecule has 25 heavy (non-hydrogen) atoms. The molecule has 0 spiro atoms. The van der Waals surface area contributed by atoms with Crippen LogP contribution in [0.25, 0.3) is 0 Å². The Morgan fingerprint density at radius 2 is 1.88 bits per heavy atom. The molecule has 4 bridgehead atoms.